The van der Waals surface area contributed by atoms with Crippen LogP contribution in [-0.4, -0.2) is 37.6 Å². The Kier molecular flexibility index (Phi) is 5.30. The molecule has 0 spiro atoms. The molecule has 0 aromatic carbocycles. The van der Waals surface area contributed by atoms with Crippen LogP contribution in [0.2, 0.25) is 0 Å². The molecule has 100 valence electrons. The summed E-state index contributed by atoms with van der Waals surface area (Å²) in [6.07, 6.45) is 9.97. The number of nitrogens with one attached hydrogen (secondary N) is 1. The minimum Gasteiger partial charge on any atom is -0.314 e. The maximum Gasteiger partial charge on any atom is 0.00926 e. The van der Waals surface area contributed by atoms with Gasteiger partial charge in [0.05, 0.1) is 0 Å². The average Bonchev–Trinajstić information content (AvgIpc) is 2.34. The Balaban J connectivity index is 1.59. The van der Waals surface area contributed by atoms with Crippen molar-refractivity contribution in [1.29, 1.82) is 0 Å². The Morgan fingerprint density at radius 2 is 1.76 bits per heavy atom. The van der Waals surface area contributed by atoms with E-state index < -0.39 is 0 Å². The first-order valence-electron chi connectivity index (χ1n) is 7.67. The predicted octanol–water partition coefficient (Wildman–Crippen LogP) is 2.89. The highest BCUT2D eigenvalue weighted by atomic mass is 15.1. The zero-order valence-corrected chi connectivity index (χ0v) is 11.8. The van der Waals surface area contributed by atoms with Gasteiger partial charge in [-0.3, -0.25) is 0 Å². The fourth-order valence-electron chi connectivity index (χ4n) is 3.44. The molecule has 0 bridgehead atoms. The summed E-state index contributed by atoms with van der Waals surface area (Å²) in [7, 11) is 2.25. The Morgan fingerprint density at radius 1 is 1.06 bits per heavy atom. The SMILES string of the molecule is CC1CCCCC1NCCC1CCN(C)CC1. The second-order valence-corrected chi connectivity index (χ2v) is 6.36. The normalized spacial score (nSPS) is 32.8. The van der Waals surface area contributed by atoms with Gasteiger partial charge in [0.1, 0.15) is 0 Å². The summed E-state index contributed by atoms with van der Waals surface area (Å²) >= 11 is 0. The van der Waals surface area contributed by atoms with Crippen molar-refractivity contribution >= 4 is 0 Å². The molecule has 0 aromatic rings. The Morgan fingerprint density at radius 3 is 2.47 bits per heavy atom. The molecule has 0 aromatic heterocycles. The zero-order chi connectivity index (χ0) is 12.1. The molecule has 2 nitrogen and oxygen atoms in total. The lowest BCUT2D eigenvalue weighted by Gasteiger charge is -2.32. The predicted molar refractivity (Wildman–Crippen MR) is 74.3 cm³/mol. The van der Waals surface area contributed by atoms with Crippen LogP contribution in [0.4, 0.5) is 0 Å². The standard InChI is InChI=1S/C15H30N2/c1-13-5-3-4-6-15(13)16-10-7-14-8-11-17(2)12-9-14/h13-16H,3-12H2,1-2H3. The van der Waals surface area contributed by atoms with Gasteiger partial charge in [0.15, 0.2) is 0 Å². The van der Waals surface area contributed by atoms with Gasteiger partial charge < -0.3 is 10.2 Å². The molecule has 1 saturated carbocycles. The van der Waals surface area contributed by atoms with E-state index in [1.807, 2.05) is 0 Å². The number of likely N-dealkylation sites (tertiary alicyclic amines) is 1. The number of piperidine rings is 1. The molecular formula is C15H30N2. The molecule has 2 heteroatoms. The lowest BCUT2D eigenvalue weighted by Crippen LogP contribution is -2.39. The molecule has 0 radical (unpaired) electrons. The van der Waals surface area contributed by atoms with Crippen molar-refractivity contribution in [2.45, 2.75) is 57.9 Å². The van der Waals surface area contributed by atoms with Gasteiger partial charge >= 0.3 is 0 Å². The minimum atomic E-state index is 0.815. The number of hydrogen-bond donors (Lipinski definition) is 1. The number of nitrogens with zero attached hydrogens (tertiary/aromatic N) is 1. The van der Waals surface area contributed by atoms with E-state index in [0.29, 0.717) is 0 Å². The van der Waals surface area contributed by atoms with Crippen LogP contribution in [0.1, 0.15) is 51.9 Å². The van der Waals surface area contributed by atoms with E-state index in [9.17, 15) is 0 Å². The quantitative estimate of drug-likeness (QED) is 0.810. The zero-order valence-electron chi connectivity index (χ0n) is 11.8. The van der Waals surface area contributed by atoms with Gasteiger partial charge in [-0.15, -0.1) is 0 Å². The van der Waals surface area contributed by atoms with E-state index in [1.54, 1.807) is 0 Å². The molecule has 17 heavy (non-hydrogen) atoms. The highest BCUT2D eigenvalue weighted by Crippen LogP contribution is 2.24. The maximum atomic E-state index is 3.82. The smallest absolute Gasteiger partial charge is 0.00926 e. The topological polar surface area (TPSA) is 15.3 Å². The van der Waals surface area contributed by atoms with Crippen molar-refractivity contribution in [3.63, 3.8) is 0 Å². The second kappa shape index (κ2) is 6.75. The van der Waals surface area contributed by atoms with Gasteiger partial charge in [0, 0.05) is 6.04 Å². The largest absolute Gasteiger partial charge is 0.314 e. The molecule has 1 N–H and O–H groups in total. The third-order valence-corrected chi connectivity index (χ3v) is 4.91. The molecular weight excluding hydrogens is 208 g/mol. The first-order chi connectivity index (χ1) is 8.25. The molecule has 2 fully saturated rings. The summed E-state index contributed by atoms with van der Waals surface area (Å²) < 4.78 is 0. The highest BCUT2D eigenvalue weighted by molar-refractivity contribution is 4.79. The van der Waals surface area contributed by atoms with E-state index in [1.165, 1.54) is 64.6 Å². The summed E-state index contributed by atoms with van der Waals surface area (Å²) in [5.74, 6) is 1.89. The van der Waals surface area contributed by atoms with Crippen LogP contribution < -0.4 is 5.32 Å². The monoisotopic (exact) mass is 238 g/mol. The Hall–Kier alpha value is -0.0800. The van der Waals surface area contributed by atoms with Crippen LogP contribution in [0.5, 0.6) is 0 Å². The summed E-state index contributed by atoms with van der Waals surface area (Å²) in [5.41, 5.74) is 0. The molecule has 2 unspecified atom stereocenters. The van der Waals surface area contributed by atoms with E-state index in [-0.39, 0.29) is 0 Å². The summed E-state index contributed by atoms with van der Waals surface area (Å²) in [6, 6.07) is 0.815. The maximum absolute atomic E-state index is 3.82. The molecule has 1 aliphatic heterocycles. The van der Waals surface area contributed by atoms with Crippen LogP contribution in [0, 0.1) is 11.8 Å². The van der Waals surface area contributed by atoms with Crippen molar-refractivity contribution in [3.8, 4) is 0 Å². The summed E-state index contributed by atoms with van der Waals surface area (Å²) in [5, 5.41) is 3.82. The fraction of sp³-hybridized carbons (Fsp3) is 1.00. The van der Waals surface area contributed by atoms with Gasteiger partial charge in [-0.05, 0) is 70.6 Å². The van der Waals surface area contributed by atoms with E-state index >= 15 is 0 Å². The fourth-order valence-corrected chi connectivity index (χ4v) is 3.44. The van der Waals surface area contributed by atoms with Crippen LogP contribution in [0.25, 0.3) is 0 Å². The van der Waals surface area contributed by atoms with Crippen molar-refractivity contribution in [1.82, 2.24) is 10.2 Å². The first-order valence-corrected chi connectivity index (χ1v) is 7.67. The highest BCUT2D eigenvalue weighted by Gasteiger charge is 2.21. The van der Waals surface area contributed by atoms with Crippen molar-refractivity contribution in [2.75, 3.05) is 26.7 Å². The molecule has 2 rings (SSSR count). The summed E-state index contributed by atoms with van der Waals surface area (Å²) in [6.45, 7) is 6.30. The number of hydrogen-bond acceptors (Lipinski definition) is 2. The van der Waals surface area contributed by atoms with Gasteiger partial charge in [-0.1, -0.05) is 19.8 Å². The van der Waals surface area contributed by atoms with Crippen LogP contribution in [0.3, 0.4) is 0 Å². The van der Waals surface area contributed by atoms with Crippen LogP contribution >= 0.6 is 0 Å². The molecule has 1 aliphatic carbocycles. The van der Waals surface area contributed by atoms with Crippen molar-refractivity contribution < 1.29 is 0 Å². The third kappa shape index (κ3) is 4.26. The van der Waals surface area contributed by atoms with E-state index in [4.69, 9.17) is 0 Å². The molecule has 1 heterocycles. The van der Waals surface area contributed by atoms with E-state index in [2.05, 4.69) is 24.2 Å². The minimum absolute atomic E-state index is 0.815. The second-order valence-electron chi connectivity index (χ2n) is 6.36. The Labute approximate surface area is 107 Å². The molecule has 0 amide bonds. The number of rotatable bonds is 4. The first kappa shape index (κ1) is 13.4. The van der Waals surface area contributed by atoms with Gasteiger partial charge in [0.2, 0.25) is 0 Å². The van der Waals surface area contributed by atoms with Crippen LogP contribution in [0.15, 0.2) is 0 Å². The van der Waals surface area contributed by atoms with Crippen molar-refractivity contribution in [3.05, 3.63) is 0 Å². The van der Waals surface area contributed by atoms with Crippen LogP contribution in [-0.2, 0) is 0 Å². The molecule has 1 saturated heterocycles. The van der Waals surface area contributed by atoms with Crippen molar-refractivity contribution in [2.24, 2.45) is 11.8 Å². The van der Waals surface area contributed by atoms with Gasteiger partial charge in [-0.25, -0.2) is 0 Å². The summed E-state index contributed by atoms with van der Waals surface area (Å²) in [4.78, 5) is 2.47. The van der Waals surface area contributed by atoms with E-state index in [0.717, 1.165) is 17.9 Å². The lowest BCUT2D eigenvalue weighted by atomic mass is 9.85. The molecule has 2 atom stereocenters. The average molecular weight is 238 g/mol. The lowest BCUT2D eigenvalue weighted by molar-refractivity contribution is 0.205. The molecule has 2 aliphatic rings. The van der Waals surface area contributed by atoms with Gasteiger partial charge in [0.25, 0.3) is 0 Å². The van der Waals surface area contributed by atoms with Gasteiger partial charge in [-0.2, -0.15) is 0 Å². The Bertz CT molecular complexity index is 209. The third-order valence-electron chi connectivity index (χ3n) is 4.91.